The van der Waals surface area contributed by atoms with E-state index < -0.39 is 0 Å². The Morgan fingerprint density at radius 2 is 2.05 bits per heavy atom. The van der Waals surface area contributed by atoms with Crippen molar-refractivity contribution in [1.29, 1.82) is 0 Å². The van der Waals surface area contributed by atoms with E-state index in [9.17, 15) is 4.39 Å². The van der Waals surface area contributed by atoms with E-state index in [1.165, 1.54) is 0 Å². The number of halogens is 1. The van der Waals surface area contributed by atoms with Crippen LogP contribution in [-0.4, -0.2) is 42.9 Å². The van der Waals surface area contributed by atoms with Gasteiger partial charge in [-0.25, -0.2) is 9.38 Å². The predicted octanol–water partition coefficient (Wildman–Crippen LogP) is 2.43. The van der Waals surface area contributed by atoms with Crippen molar-refractivity contribution < 1.29 is 4.39 Å². The lowest BCUT2D eigenvalue weighted by atomic mass is 10.00. The first-order chi connectivity index (χ1) is 10.5. The normalized spacial score (nSPS) is 17.3. The summed E-state index contributed by atoms with van der Waals surface area (Å²) in [5.41, 5.74) is 7.61. The molecule has 2 N–H and O–H groups in total. The molecule has 0 spiro atoms. The first-order valence-electron chi connectivity index (χ1n) is 7.92. The lowest BCUT2D eigenvalue weighted by Gasteiger charge is -2.31. The van der Waals surface area contributed by atoms with Crippen molar-refractivity contribution in [2.24, 2.45) is 16.6 Å². The monoisotopic (exact) mass is 306 g/mol. The molecule has 0 bridgehead atoms. The summed E-state index contributed by atoms with van der Waals surface area (Å²) in [4.78, 5) is 8.49. The molecule has 0 amide bonds. The van der Waals surface area contributed by atoms with Crippen molar-refractivity contribution in [3.8, 4) is 0 Å². The molecule has 4 nitrogen and oxygen atoms in total. The van der Waals surface area contributed by atoms with Crippen LogP contribution in [0.15, 0.2) is 23.2 Å². The molecule has 0 atom stereocenters. The summed E-state index contributed by atoms with van der Waals surface area (Å²) in [5.74, 6) is 1.17. The first-order valence-corrected chi connectivity index (χ1v) is 7.92. The van der Waals surface area contributed by atoms with Crippen molar-refractivity contribution in [2.75, 3.05) is 27.2 Å². The molecule has 122 valence electrons. The number of piperidine rings is 1. The zero-order chi connectivity index (χ0) is 16.1. The fraction of sp³-hybridized carbons (Fsp3) is 0.588. The number of nitrogens with two attached hydrogens (primary N) is 1. The third kappa shape index (κ3) is 4.70. The summed E-state index contributed by atoms with van der Waals surface area (Å²) in [6, 6.07) is 5.32. The Hall–Kier alpha value is -1.62. The van der Waals surface area contributed by atoms with E-state index in [2.05, 4.69) is 16.8 Å². The van der Waals surface area contributed by atoms with Crippen LogP contribution < -0.4 is 5.73 Å². The summed E-state index contributed by atoms with van der Waals surface area (Å²) >= 11 is 0. The summed E-state index contributed by atoms with van der Waals surface area (Å²) in [6.45, 7) is 5.22. The number of benzene rings is 1. The minimum absolute atomic E-state index is 0.174. The second-order valence-corrected chi connectivity index (χ2v) is 6.51. The smallest absolute Gasteiger partial charge is 0.191 e. The Kier molecular flexibility index (Phi) is 5.77. The number of aliphatic imine (C=N–C) groups is 1. The first kappa shape index (κ1) is 16.7. The standard InChI is InChI=1S/C17H27FN4/c1-13-6-8-22(9-7-13)17(19)20-11-14-4-5-15(12-21(2)3)16(18)10-14/h4-5,10,13H,6-9,11-12H2,1-3H3,(H2,19,20). The second-order valence-electron chi connectivity index (χ2n) is 6.51. The third-order valence-corrected chi connectivity index (χ3v) is 4.14. The van der Waals surface area contributed by atoms with Crippen molar-refractivity contribution in [2.45, 2.75) is 32.9 Å². The van der Waals surface area contributed by atoms with Crippen LogP contribution >= 0.6 is 0 Å². The van der Waals surface area contributed by atoms with Crippen LogP contribution in [0.2, 0.25) is 0 Å². The molecule has 0 aromatic heterocycles. The molecule has 0 saturated carbocycles. The summed E-state index contributed by atoms with van der Waals surface area (Å²) in [7, 11) is 3.86. The van der Waals surface area contributed by atoms with Gasteiger partial charge in [-0.2, -0.15) is 0 Å². The van der Waals surface area contributed by atoms with Gasteiger partial charge in [-0.1, -0.05) is 19.1 Å². The highest BCUT2D eigenvalue weighted by Crippen LogP contribution is 2.16. The third-order valence-electron chi connectivity index (χ3n) is 4.14. The number of guanidine groups is 1. The van der Waals surface area contributed by atoms with Crippen molar-refractivity contribution >= 4 is 5.96 Å². The number of hydrogen-bond acceptors (Lipinski definition) is 2. The Labute approximate surface area is 132 Å². The van der Waals surface area contributed by atoms with Gasteiger partial charge in [0.25, 0.3) is 0 Å². The maximum atomic E-state index is 14.0. The maximum Gasteiger partial charge on any atom is 0.191 e. The van der Waals surface area contributed by atoms with Gasteiger partial charge in [0.2, 0.25) is 0 Å². The zero-order valence-corrected chi connectivity index (χ0v) is 13.8. The second kappa shape index (κ2) is 7.58. The van der Waals surface area contributed by atoms with Crippen LogP contribution in [0, 0.1) is 11.7 Å². The van der Waals surface area contributed by atoms with Gasteiger partial charge in [0.05, 0.1) is 6.54 Å². The average Bonchev–Trinajstić information content (AvgIpc) is 2.47. The average molecular weight is 306 g/mol. The van der Waals surface area contributed by atoms with Gasteiger partial charge in [-0.05, 0) is 44.5 Å². The van der Waals surface area contributed by atoms with E-state index in [1.54, 1.807) is 6.07 Å². The highest BCUT2D eigenvalue weighted by molar-refractivity contribution is 5.78. The van der Waals surface area contributed by atoms with Gasteiger partial charge in [0.15, 0.2) is 5.96 Å². The molecule has 1 saturated heterocycles. The van der Waals surface area contributed by atoms with Crippen molar-refractivity contribution in [3.05, 3.63) is 35.1 Å². The quantitative estimate of drug-likeness (QED) is 0.686. The van der Waals surface area contributed by atoms with E-state index >= 15 is 0 Å². The Balaban J connectivity index is 1.95. The molecule has 5 heteroatoms. The van der Waals surface area contributed by atoms with Crippen molar-refractivity contribution in [3.63, 3.8) is 0 Å². The summed E-state index contributed by atoms with van der Waals surface area (Å²) in [6.07, 6.45) is 2.31. The Morgan fingerprint density at radius 1 is 1.36 bits per heavy atom. The topological polar surface area (TPSA) is 44.9 Å². The molecule has 22 heavy (non-hydrogen) atoms. The van der Waals surface area contributed by atoms with Gasteiger partial charge in [0, 0.05) is 25.2 Å². The SMILES string of the molecule is CC1CCN(C(N)=NCc2ccc(CN(C)C)c(F)c2)CC1. The van der Waals surface area contributed by atoms with Gasteiger partial charge >= 0.3 is 0 Å². The zero-order valence-electron chi connectivity index (χ0n) is 13.8. The fourth-order valence-corrected chi connectivity index (χ4v) is 2.67. The Morgan fingerprint density at radius 3 is 2.64 bits per heavy atom. The van der Waals surface area contributed by atoms with E-state index in [4.69, 9.17) is 5.73 Å². The fourth-order valence-electron chi connectivity index (χ4n) is 2.67. The summed E-state index contributed by atoms with van der Waals surface area (Å²) in [5, 5.41) is 0. The molecular weight excluding hydrogens is 279 g/mol. The lowest BCUT2D eigenvalue weighted by Crippen LogP contribution is -2.42. The molecule has 1 aliphatic rings. The molecule has 0 unspecified atom stereocenters. The number of hydrogen-bond donors (Lipinski definition) is 1. The van der Waals surface area contributed by atoms with Crippen LogP contribution in [0.5, 0.6) is 0 Å². The van der Waals surface area contributed by atoms with Gasteiger partial charge < -0.3 is 15.5 Å². The predicted molar refractivity (Wildman–Crippen MR) is 89.1 cm³/mol. The van der Waals surface area contributed by atoms with E-state index in [0.717, 1.165) is 37.4 Å². The molecule has 1 aliphatic heterocycles. The molecular formula is C17H27FN4. The number of likely N-dealkylation sites (tertiary alicyclic amines) is 1. The Bertz CT molecular complexity index is 519. The minimum Gasteiger partial charge on any atom is -0.370 e. The number of nitrogens with zero attached hydrogens (tertiary/aromatic N) is 3. The van der Waals surface area contributed by atoms with Crippen LogP contribution in [-0.2, 0) is 13.1 Å². The van der Waals surface area contributed by atoms with E-state index in [0.29, 0.717) is 24.6 Å². The molecule has 1 aromatic carbocycles. The van der Waals surface area contributed by atoms with Gasteiger partial charge in [0.1, 0.15) is 5.82 Å². The molecule has 2 rings (SSSR count). The number of rotatable bonds is 4. The molecule has 0 radical (unpaired) electrons. The summed E-state index contributed by atoms with van der Waals surface area (Å²) < 4.78 is 14.0. The molecule has 0 aliphatic carbocycles. The van der Waals surface area contributed by atoms with Crippen LogP contribution in [0.1, 0.15) is 30.9 Å². The van der Waals surface area contributed by atoms with E-state index in [1.807, 2.05) is 31.1 Å². The maximum absolute atomic E-state index is 14.0. The van der Waals surface area contributed by atoms with Crippen LogP contribution in [0.3, 0.4) is 0 Å². The molecule has 1 aromatic rings. The lowest BCUT2D eigenvalue weighted by molar-refractivity contribution is 0.277. The van der Waals surface area contributed by atoms with Crippen LogP contribution in [0.25, 0.3) is 0 Å². The highest BCUT2D eigenvalue weighted by atomic mass is 19.1. The van der Waals surface area contributed by atoms with Crippen molar-refractivity contribution in [1.82, 2.24) is 9.80 Å². The van der Waals surface area contributed by atoms with Crippen LogP contribution in [0.4, 0.5) is 4.39 Å². The van der Waals surface area contributed by atoms with E-state index in [-0.39, 0.29) is 5.82 Å². The molecule has 1 fully saturated rings. The highest BCUT2D eigenvalue weighted by Gasteiger charge is 2.16. The minimum atomic E-state index is -0.174. The molecule has 1 heterocycles. The van der Waals surface area contributed by atoms with Gasteiger partial charge in [-0.15, -0.1) is 0 Å². The largest absolute Gasteiger partial charge is 0.370 e. The van der Waals surface area contributed by atoms with Gasteiger partial charge in [-0.3, -0.25) is 0 Å².